The van der Waals surface area contributed by atoms with Crippen molar-refractivity contribution in [3.63, 3.8) is 0 Å². The van der Waals surface area contributed by atoms with Crippen molar-refractivity contribution in [2.75, 3.05) is 13.7 Å². The van der Waals surface area contributed by atoms with Crippen LogP contribution in [0.25, 0.3) is 0 Å². The molecule has 0 heterocycles. The van der Waals surface area contributed by atoms with E-state index < -0.39 is 35.5 Å². The number of fused-ring (bicyclic) bond motifs is 5. The highest BCUT2D eigenvalue weighted by molar-refractivity contribution is 5.92. The van der Waals surface area contributed by atoms with Crippen LogP contribution in [0.5, 0.6) is 5.75 Å². The molecule has 3 fully saturated rings. The van der Waals surface area contributed by atoms with Crippen molar-refractivity contribution in [3.05, 3.63) is 41.5 Å². The van der Waals surface area contributed by atoms with Crippen LogP contribution >= 0.6 is 0 Å². The van der Waals surface area contributed by atoms with E-state index in [1.165, 1.54) is 0 Å². The molecule has 5 rings (SSSR count). The average Bonchev–Trinajstić information content (AvgIpc) is 3.24. The highest BCUT2D eigenvalue weighted by Gasteiger charge is 2.68. The lowest BCUT2D eigenvalue weighted by Gasteiger charge is -2.60. The summed E-state index contributed by atoms with van der Waals surface area (Å²) in [6, 6.07) is 7.27. The summed E-state index contributed by atoms with van der Waals surface area (Å²) in [5, 5.41) is 26.1. The predicted octanol–water partition coefficient (Wildman–Crippen LogP) is 3.44. The monoisotopic (exact) mass is 581 g/mol. The number of ether oxygens (including phenoxy) is 2. The Kier molecular flexibility index (Phi) is 8.38. The highest BCUT2D eigenvalue weighted by Crippen LogP contribution is 2.67. The van der Waals surface area contributed by atoms with Crippen molar-refractivity contribution in [1.82, 2.24) is 5.32 Å². The second kappa shape index (κ2) is 11.6. The molecule has 42 heavy (non-hydrogen) atoms. The van der Waals surface area contributed by atoms with Gasteiger partial charge in [0.25, 0.3) is 0 Å². The maximum Gasteiger partial charge on any atom is 0.306 e. The summed E-state index contributed by atoms with van der Waals surface area (Å²) in [5.74, 6) is -0.518. The van der Waals surface area contributed by atoms with E-state index in [1.807, 2.05) is 19.1 Å². The summed E-state index contributed by atoms with van der Waals surface area (Å²) in [4.78, 5) is 50.1. The Morgan fingerprint density at radius 1 is 1.05 bits per heavy atom. The number of hydrogen-bond acceptors (Lipinski definition) is 8. The molecule has 3 saturated carbocycles. The third kappa shape index (κ3) is 5.30. The van der Waals surface area contributed by atoms with Gasteiger partial charge < -0.3 is 25.0 Å². The van der Waals surface area contributed by atoms with E-state index in [1.54, 1.807) is 25.3 Å². The second-order valence-electron chi connectivity index (χ2n) is 13.2. The number of methoxy groups -OCH3 is 1. The van der Waals surface area contributed by atoms with Crippen molar-refractivity contribution in [2.45, 2.75) is 89.9 Å². The minimum Gasteiger partial charge on any atom is -0.497 e. The molecule has 0 saturated heterocycles. The van der Waals surface area contributed by atoms with Gasteiger partial charge in [0.2, 0.25) is 11.7 Å². The van der Waals surface area contributed by atoms with Crippen LogP contribution in [-0.4, -0.2) is 59.1 Å². The highest BCUT2D eigenvalue weighted by atomic mass is 16.5. The number of esters is 1. The predicted molar refractivity (Wildman–Crippen MR) is 153 cm³/mol. The third-order valence-corrected chi connectivity index (χ3v) is 11.1. The van der Waals surface area contributed by atoms with Crippen LogP contribution in [-0.2, 0) is 30.5 Å². The van der Waals surface area contributed by atoms with Gasteiger partial charge in [-0.25, -0.2) is 0 Å². The lowest BCUT2D eigenvalue weighted by atomic mass is 9.45. The normalized spacial score (nSPS) is 35.3. The Labute approximate surface area is 247 Å². The topological polar surface area (TPSA) is 139 Å². The quantitative estimate of drug-likeness (QED) is 0.377. The zero-order valence-electron chi connectivity index (χ0n) is 24.8. The standard InChI is InChI=1S/C33H43NO8/c1-31-14-12-22(35)16-21(31)6-9-24-25-13-15-33(40,32(25,2)17-26(36)30(24)31)27(37)19-42-29(39)11-10-28(38)34-18-20-4-7-23(41-3)8-5-20/h4-5,7-8,16,24-26,30,36,40H,6,9-15,17-19H2,1-3H3,(H,34,38)/t24-,25-,26-,30+,31-,32-,33-/m0/s1. The first kappa shape index (κ1) is 30.4. The molecule has 1 amide bonds. The number of carbonyl (C=O) groups is 4. The zero-order valence-corrected chi connectivity index (χ0v) is 24.8. The van der Waals surface area contributed by atoms with Crippen LogP contribution in [0.15, 0.2) is 35.9 Å². The molecule has 0 aliphatic heterocycles. The van der Waals surface area contributed by atoms with E-state index in [2.05, 4.69) is 12.2 Å². The van der Waals surface area contributed by atoms with Gasteiger partial charge in [0.05, 0.1) is 19.6 Å². The van der Waals surface area contributed by atoms with Gasteiger partial charge in [0, 0.05) is 24.8 Å². The number of rotatable bonds is 9. The summed E-state index contributed by atoms with van der Waals surface area (Å²) in [6.07, 6.45) is 4.81. The summed E-state index contributed by atoms with van der Waals surface area (Å²) in [7, 11) is 1.58. The van der Waals surface area contributed by atoms with Crippen molar-refractivity contribution in [2.24, 2.45) is 28.6 Å². The Morgan fingerprint density at radius 3 is 2.50 bits per heavy atom. The molecule has 0 spiro atoms. The van der Waals surface area contributed by atoms with Gasteiger partial charge in [0.1, 0.15) is 11.4 Å². The van der Waals surface area contributed by atoms with Crippen LogP contribution in [0.2, 0.25) is 0 Å². The molecule has 3 N–H and O–H groups in total. The molecule has 0 unspecified atom stereocenters. The van der Waals surface area contributed by atoms with Gasteiger partial charge in [-0.05, 0) is 85.5 Å². The first-order valence-electron chi connectivity index (χ1n) is 15.1. The first-order chi connectivity index (χ1) is 19.9. The summed E-state index contributed by atoms with van der Waals surface area (Å²) in [5.41, 5.74) is -0.784. The molecule has 0 bridgehead atoms. The number of hydrogen-bond donors (Lipinski definition) is 3. The molecule has 0 radical (unpaired) electrons. The van der Waals surface area contributed by atoms with Gasteiger partial charge in [-0.1, -0.05) is 31.6 Å². The summed E-state index contributed by atoms with van der Waals surface area (Å²) >= 11 is 0. The Hall–Kier alpha value is -3.04. The van der Waals surface area contributed by atoms with E-state index in [0.717, 1.165) is 36.1 Å². The molecular formula is C33H43NO8. The number of benzene rings is 1. The Balaban J connectivity index is 1.15. The molecule has 7 atom stereocenters. The number of aliphatic hydroxyl groups excluding tert-OH is 1. The van der Waals surface area contributed by atoms with Crippen molar-refractivity contribution >= 4 is 23.4 Å². The SMILES string of the molecule is COc1ccc(CNC(=O)CCC(=O)OCC(=O)[C@@]2(O)CC[C@H]3[C@@H]4CCC5=CC(=O)CC[C@]5(C)[C@H]4[C@@H](O)C[C@@]32C)cc1. The largest absolute Gasteiger partial charge is 0.497 e. The number of ketones is 2. The molecule has 228 valence electrons. The number of amides is 1. The maximum absolute atomic E-state index is 13.4. The van der Waals surface area contributed by atoms with Crippen LogP contribution in [0.3, 0.4) is 0 Å². The molecule has 1 aromatic carbocycles. The Morgan fingerprint density at radius 2 is 1.79 bits per heavy atom. The minimum absolute atomic E-state index is 0.0187. The molecule has 4 aliphatic carbocycles. The van der Waals surface area contributed by atoms with Gasteiger partial charge in [0.15, 0.2) is 12.4 Å². The van der Waals surface area contributed by atoms with Crippen LogP contribution < -0.4 is 10.1 Å². The summed E-state index contributed by atoms with van der Waals surface area (Å²) < 4.78 is 10.3. The number of allylic oxidation sites excluding steroid dienone is 1. The van der Waals surface area contributed by atoms with Crippen molar-refractivity contribution < 1.29 is 38.9 Å². The fourth-order valence-corrected chi connectivity index (χ4v) is 8.74. The van der Waals surface area contributed by atoms with E-state index in [0.29, 0.717) is 19.4 Å². The number of carbonyl (C=O) groups excluding carboxylic acids is 4. The maximum atomic E-state index is 13.4. The van der Waals surface area contributed by atoms with E-state index in [9.17, 15) is 29.4 Å². The number of aliphatic hydroxyl groups is 2. The van der Waals surface area contributed by atoms with Crippen LogP contribution in [0.4, 0.5) is 0 Å². The molecule has 4 aliphatic rings. The fourth-order valence-electron chi connectivity index (χ4n) is 8.74. The van der Waals surface area contributed by atoms with E-state index >= 15 is 0 Å². The van der Waals surface area contributed by atoms with Crippen molar-refractivity contribution in [3.8, 4) is 5.75 Å². The van der Waals surface area contributed by atoms with Crippen LogP contribution in [0.1, 0.15) is 77.2 Å². The third-order valence-electron chi connectivity index (χ3n) is 11.1. The van der Waals surface area contributed by atoms with Crippen molar-refractivity contribution in [1.29, 1.82) is 0 Å². The van der Waals surface area contributed by atoms with Crippen LogP contribution in [0, 0.1) is 28.6 Å². The number of nitrogens with one attached hydrogen (secondary N) is 1. The molecule has 9 nitrogen and oxygen atoms in total. The lowest BCUT2D eigenvalue weighted by molar-refractivity contribution is -0.184. The van der Waals surface area contributed by atoms with Gasteiger partial charge >= 0.3 is 5.97 Å². The fraction of sp³-hybridized carbons (Fsp3) is 0.636. The lowest BCUT2D eigenvalue weighted by Crippen LogP contribution is -2.62. The first-order valence-corrected chi connectivity index (χ1v) is 15.1. The second-order valence-corrected chi connectivity index (χ2v) is 13.2. The van der Waals surface area contributed by atoms with Gasteiger partial charge in [-0.2, -0.15) is 0 Å². The zero-order chi connectivity index (χ0) is 30.3. The summed E-state index contributed by atoms with van der Waals surface area (Å²) in [6.45, 7) is 3.81. The molecule has 9 heteroatoms. The average molecular weight is 582 g/mol. The molecule has 1 aromatic rings. The van der Waals surface area contributed by atoms with Gasteiger partial charge in [-0.3, -0.25) is 19.2 Å². The number of Topliss-reactive ketones (excluding diaryl/α,β-unsaturated/α-hetero) is 1. The smallest absolute Gasteiger partial charge is 0.306 e. The minimum atomic E-state index is -1.71. The molecule has 0 aromatic heterocycles. The molecular weight excluding hydrogens is 538 g/mol. The Bertz CT molecular complexity index is 1270. The van der Waals surface area contributed by atoms with E-state index in [4.69, 9.17) is 9.47 Å². The van der Waals surface area contributed by atoms with E-state index in [-0.39, 0.29) is 60.5 Å². The van der Waals surface area contributed by atoms with Gasteiger partial charge in [-0.15, -0.1) is 0 Å².